The van der Waals surface area contributed by atoms with Crippen LogP contribution >= 0.6 is 0 Å². The zero-order valence-electron chi connectivity index (χ0n) is 18.6. The highest BCUT2D eigenvalue weighted by Gasteiger charge is 2.70. The highest BCUT2D eigenvalue weighted by atomic mass is 16.6. The number of carboxylic acid groups (broad SMARTS) is 1. The van der Waals surface area contributed by atoms with Crippen molar-refractivity contribution >= 4 is 35.1 Å². The third-order valence-corrected chi connectivity index (χ3v) is 6.60. The molecule has 0 bridgehead atoms. The number of aliphatic carboxylic acids is 1. The van der Waals surface area contributed by atoms with E-state index in [1.165, 1.54) is 56.5 Å². The van der Waals surface area contributed by atoms with Crippen LogP contribution in [0.15, 0.2) is 48.5 Å². The predicted molar refractivity (Wildman–Crippen MR) is 118 cm³/mol. The van der Waals surface area contributed by atoms with Gasteiger partial charge in [0.25, 0.3) is 5.69 Å². The number of benzene rings is 2. The van der Waals surface area contributed by atoms with Gasteiger partial charge >= 0.3 is 11.9 Å². The van der Waals surface area contributed by atoms with E-state index < -0.39 is 58.2 Å². The summed E-state index contributed by atoms with van der Waals surface area (Å²) in [6, 6.07) is 9.72. The molecule has 182 valence electrons. The minimum atomic E-state index is -2.21. The zero-order chi connectivity index (χ0) is 25.7. The Kier molecular flexibility index (Phi) is 5.87. The summed E-state index contributed by atoms with van der Waals surface area (Å²) >= 11 is 0. The lowest BCUT2D eigenvalue weighted by molar-refractivity contribution is -0.384. The molecule has 0 aliphatic carbocycles. The minimum Gasteiger partial charge on any atom is -0.480 e. The van der Waals surface area contributed by atoms with Crippen molar-refractivity contribution in [3.05, 3.63) is 69.8 Å². The van der Waals surface area contributed by atoms with Crippen LogP contribution in [0.5, 0.6) is 0 Å². The molecule has 2 aliphatic rings. The van der Waals surface area contributed by atoms with Gasteiger partial charge in [0.15, 0.2) is 5.54 Å². The normalized spacial score (nSPS) is 26.4. The summed E-state index contributed by atoms with van der Waals surface area (Å²) in [4.78, 5) is 62.6. The molecule has 0 saturated carbocycles. The first-order valence-electron chi connectivity index (χ1n) is 10.5. The van der Waals surface area contributed by atoms with E-state index in [1.54, 1.807) is 0 Å². The maximum Gasteiger partial charge on any atom is 0.337 e. The largest absolute Gasteiger partial charge is 0.480 e. The van der Waals surface area contributed by atoms with Gasteiger partial charge in [-0.15, -0.1) is 0 Å². The van der Waals surface area contributed by atoms with Gasteiger partial charge in [-0.2, -0.15) is 0 Å². The van der Waals surface area contributed by atoms with Crippen molar-refractivity contribution in [2.45, 2.75) is 24.6 Å². The molecule has 2 aromatic rings. The van der Waals surface area contributed by atoms with Gasteiger partial charge in [0, 0.05) is 18.2 Å². The topological polar surface area (TPSA) is 176 Å². The number of anilines is 1. The van der Waals surface area contributed by atoms with E-state index in [4.69, 9.17) is 0 Å². The average Bonchev–Trinajstić information content (AvgIpc) is 3.33. The Morgan fingerprint density at radius 3 is 2.37 bits per heavy atom. The Morgan fingerprint density at radius 2 is 1.83 bits per heavy atom. The highest BCUT2D eigenvalue weighted by molar-refractivity contribution is 6.24. The number of hydrogen-bond donors (Lipinski definition) is 3. The van der Waals surface area contributed by atoms with Crippen LogP contribution in [0.4, 0.5) is 11.4 Å². The number of aliphatic hydroxyl groups excluding tert-OH is 1. The molecule has 2 fully saturated rings. The number of fused-ring (bicyclic) bond motifs is 1. The van der Waals surface area contributed by atoms with Gasteiger partial charge in [0.1, 0.15) is 0 Å². The fourth-order valence-corrected chi connectivity index (χ4v) is 4.93. The van der Waals surface area contributed by atoms with E-state index in [9.17, 15) is 39.5 Å². The first kappa shape index (κ1) is 24.0. The third kappa shape index (κ3) is 3.54. The average molecular weight is 483 g/mol. The van der Waals surface area contributed by atoms with E-state index in [-0.39, 0.29) is 16.9 Å². The SMILES string of the molecule is COC(=O)c1ccc(C2NC(C(=O)O)(C(C)O)C3C(=O)N(c4cccc([N+](=O)[O-])c4)C(=O)C23)cc1. The third-order valence-electron chi connectivity index (χ3n) is 6.60. The molecule has 2 aromatic carbocycles. The Hall–Kier alpha value is -4.16. The molecule has 3 N–H and O–H groups in total. The molecule has 4 rings (SSSR count). The fraction of sp³-hybridized carbons (Fsp3) is 0.304. The van der Waals surface area contributed by atoms with Gasteiger partial charge in [-0.25, -0.2) is 9.69 Å². The summed E-state index contributed by atoms with van der Waals surface area (Å²) in [5, 5.41) is 34.7. The number of hydrogen-bond acceptors (Lipinski definition) is 9. The van der Waals surface area contributed by atoms with Crippen molar-refractivity contribution < 1.29 is 39.1 Å². The van der Waals surface area contributed by atoms with Crippen LogP contribution in [0.25, 0.3) is 0 Å². The summed E-state index contributed by atoms with van der Waals surface area (Å²) in [5.74, 6) is -6.53. The van der Waals surface area contributed by atoms with Crippen LogP contribution in [0, 0.1) is 22.0 Å². The molecule has 12 heteroatoms. The fourth-order valence-electron chi connectivity index (χ4n) is 4.93. The number of nitrogens with one attached hydrogen (secondary N) is 1. The van der Waals surface area contributed by atoms with Crippen molar-refractivity contribution in [1.29, 1.82) is 0 Å². The second-order valence-electron chi connectivity index (χ2n) is 8.38. The lowest BCUT2D eigenvalue weighted by Gasteiger charge is -2.33. The lowest BCUT2D eigenvalue weighted by atomic mass is 9.76. The number of ether oxygens (including phenoxy) is 1. The molecular formula is C23H21N3O9. The Bertz CT molecular complexity index is 1240. The molecule has 12 nitrogen and oxygen atoms in total. The van der Waals surface area contributed by atoms with Crippen molar-refractivity contribution in [2.75, 3.05) is 12.0 Å². The molecule has 0 spiro atoms. The number of esters is 1. The Labute approximate surface area is 198 Å². The van der Waals surface area contributed by atoms with Gasteiger partial charge in [0.05, 0.1) is 41.2 Å². The van der Waals surface area contributed by atoms with Crippen molar-refractivity contribution in [1.82, 2.24) is 5.32 Å². The van der Waals surface area contributed by atoms with Crippen molar-refractivity contribution in [3.8, 4) is 0 Å². The first-order chi connectivity index (χ1) is 16.5. The smallest absolute Gasteiger partial charge is 0.337 e. The van der Waals surface area contributed by atoms with E-state index in [1.807, 2.05) is 0 Å². The molecule has 2 saturated heterocycles. The van der Waals surface area contributed by atoms with Crippen LogP contribution in [0.3, 0.4) is 0 Å². The van der Waals surface area contributed by atoms with Crippen LogP contribution in [-0.4, -0.2) is 57.6 Å². The molecule has 5 unspecified atom stereocenters. The monoisotopic (exact) mass is 483 g/mol. The van der Waals surface area contributed by atoms with E-state index in [2.05, 4.69) is 10.1 Å². The number of nitrogens with zero attached hydrogens (tertiary/aromatic N) is 2. The molecule has 5 atom stereocenters. The summed E-state index contributed by atoms with van der Waals surface area (Å²) in [6.07, 6.45) is -1.59. The number of carbonyl (C=O) groups excluding carboxylic acids is 3. The summed E-state index contributed by atoms with van der Waals surface area (Å²) in [5.41, 5.74) is -2.02. The number of rotatable bonds is 6. The number of carbonyl (C=O) groups is 4. The van der Waals surface area contributed by atoms with Gasteiger partial charge in [-0.05, 0) is 30.7 Å². The summed E-state index contributed by atoms with van der Waals surface area (Å²) in [7, 11) is 1.22. The van der Waals surface area contributed by atoms with Crippen LogP contribution in [0.2, 0.25) is 0 Å². The van der Waals surface area contributed by atoms with Crippen molar-refractivity contribution in [2.24, 2.45) is 11.8 Å². The zero-order valence-corrected chi connectivity index (χ0v) is 18.6. The molecule has 0 radical (unpaired) electrons. The number of aliphatic hydroxyl groups is 1. The number of methoxy groups -OCH3 is 1. The second kappa shape index (κ2) is 8.56. The number of nitro benzene ring substituents is 1. The Morgan fingerprint density at radius 1 is 1.17 bits per heavy atom. The van der Waals surface area contributed by atoms with E-state index >= 15 is 0 Å². The van der Waals surface area contributed by atoms with Gasteiger partial charge in [-0.3, -0.25) is 29.8 Å². The van der Waals surface area contributed by atoms with Crippen LogP contribution in [0.1, 0.15) is 28.9 Å². The van der Waals surface area contributed by atoms with Gasteiger partial charge in [0.2, 0.25) is 11.8 Å². The predicted octanol–water partition coefficient (Wildman–Crippen LogP) is 1.04. The van der Waals surface area contributed by atoms with Crippen molar-refractivity contribution in [3.63, 3.8) is 0 Å². The molecule has 2 aliphatic heterocycles. The highest BCUT2D eigenvalue weighted by Crippen LogP contribution is 2.51. The number of non-ortho nitro benzene ring substituents is 1. The van der Waals surface area contributed by atoms with E-state index in [0.29, 0.717) is 5.56 Å². The number of imide groups is 1. The van der Waals surface area contributed by atoms with Gasteiger partial charge in [-0.1, -0.05) is 18.2 Å². The number of amides is 2. The second-order valence-corrected chi connectivity index (χ2v) is 8.38. The quantitative estimate of drug-likeness (QED) is 0.233. The summed E-state index contributed by atoms with van der Waals surface area (Å²) < 4.78 is 4.67. The maximum atomic E-state index is 13.6. The standard InChI is InChI=1S/C23H21N3O9/c1-11(27)23(22(31)32)17-16(18(24-23)12-6-8-13(9-7-12)21(30)35-2)19(28)25(20(17)29)14-4-3-5-15(10-14)26(33)34/h3-11,16-18,24,27H,1-2H3,(H,31,32). The minimum absolute atomic E-state index is 0.0757. The van der Waals surface area contributed by atoms with Crippen LogP contribution in [-0.2, 0) is 19.1 Å². The molecule has 2 amide bonds. The number of carboxylic acids is 1. The maximum absolute atomic E-state index is 13.6. The first-order valence-corrected chi connectivity index (χ1v) is 10.5. The summed E-state index contributed by atoms with van der Waals surface area (Å²) in [6.45, 7) is 1.20. The van der Waals surface area contributed by atoms with E-state index in [0.717, 1.165) is 11.0 Å². The lowest BCUT2D eigenvalue weighted by Crippen LogP contribution is -2.62. The van der Waals surface area contributed by atoms with Gasteiger partial charge < -0.3 is 14.9 Å². The molecule has 0 aromatic heterocycles. The molecule has 35 heavy (non-hydrogen) atoms. The Balaban J connectivity index is 1.84. The molecular weight excluding hydrogens is 462 g/mol. The van der Waals surface area contributed by atoms with Crippen LogP contribution < -0.4 is 10.2 Å². The number of nitro groups is 1. The molecule has 2 heterocycles.